The number of amides is 1. The molecule has 1 heterocycles. The van der Waals surface area contributed by atoms with Gasteiger partial charge in [0.15, 0.2) is 0 Å². The first-order valence-electron chi connectivity index (χ1n) is 4.85. The Balaban J connectivity index is 1.96. The van der Waals surface area contributed by atoms with Crippen LogP contribution in [0.3, 0.4) is 0 Å². The van der Waals surface area contributed by atoms with E-state index in [2.05, 4.69) is 5.32 Å². The third kappa shape index (κ3) is 2.65. The van der Waals surface area contributed by atoms with Gasteiger partial charge >= 0.3 is 0 Å². The lowest BCUT2D eigenvalue weighted by atomic mass is 10.1. The van der Waals surface area contributed by atoms with Crippen LogP contribution in [0.25, 0.3) is 0 Å². The number of carbonyl (C=O) groups excluding carboxylic acids is 1. The summed E-state index contributed by atoms with van der Waals surface area (Å²) in [6.07, 6.45) is 2.16. The molecule has 1 amide bonds. The van der Waals surface area contributed by atoms with Gasteiger partial charge in [0.1, 0.15) is 4.34 Å². The van der Waals surface area contributed by atoms with Gasteiger partial charge in [-0.15, -0.1) is 22.9 Å². The summed E-state index contributed by atoms with van der Waals surface area (Å²) in [5, 5.41) is 2.85. The first-order chi connectivity index (χ1) is 7.56. The third-order valence-electron chi connectivity index (χ3n) is 2.77. The summed E-state index contributed by atoms with van der Waals surface area (Å²) in [5.74, 6) is 0.412. The maximum absolute atomic E-state index is 11.8. The number of halogens is 3. The minimum absolute atomic E-state index is 0.115. The van der Waals surface area contributed by atoms with Crippen LogP contribution in [0.4, 0.5) is 0 Å². The molecule has 1 N–H and O–H groups in total. The number of nitrogens with one attached hydrogen (secondary N) is 1. The molecular formula is C10H10Cl3NOS. The van der Waals surface area contributed by atoms with E-state index in [1.165, 1.54) is 11.3 Å². The highest BCUT2D eigenvalue weighted by molar-refractivity contribution is 7.20. The molecule has 0 aromatic carbocycles. The maximum atomic E-state index is 11.8. The average molecular weight is 299 g/mol. The van der Waals surface area contributed by atoms with Crippen molar-refractivity contribution >= 4 is 52.0 Å². The predicted octanol–water partition coefficient (Wildman–Crippen LogP) is 3.80. The van der Waals surface area contributed by atoms with Crippen molar-refractivity contribution in [2.24, 2.45) is 5.41 Å². The number of hydrogen-bond donors (Lipinski definition) is 1. The molecule has 1 aromatic heterocycles. The first-order valence-corrected chi connectivity index (χ1v) is 6.96. The molecule has 2 nitrogen and oxygen atoms in total. The molecule has 1 saturated carbocycles. The monoisotopic (exact) mass is 297 g/mol. The van der Waals surface area contributed by atoms with E-state index in [-0.39, 0.29) is 11.3 Å². The van der Waals surface area contributed by atoms with Crippen molar-refractivity contribution in [3.8, 4) is 0 Å². The van der Waals surface area contributed by atoms with Crippen molar-refractivity contribution in [1.82, 2.24) is 5.32 Å². The molecule has 16 heavy (non-hydrogen) atoms. The smallest absolute Gasteiger partial charge is 0.253 e. The average Bonchev–Trinajstić information content (AvgIpc) is 2.96. The lowest BCUT2D eigenvalue weighted by Crippen LogP contribution is -2.30. The number of rotatable bonds is 4. The Morgan fingerprint density at radius 1 is 1.50 bits per heavy atom. The largest absolute Gasteiger partial charge is 0.351 e. The molecule has 0 aliphatic heterocycles. The van der Waals surface area contributed by atoms with Crippen molar-refractivity contribution in [2.75, 3.05) is 12.4 Å². The van der Waals surface area contributed by atoms with Gasteiger partial charge in [-0.05, 0) is 18.9 Å². The lowest BCUT2D eigenvalue weighted by molar-refractivity contribution is 0.0947. The minimum Gasteiger partial charge on any atom is -0.351 e. The van der Waals surface area contributed by atoms with Crippen LogP contribution in [0, 0.1) is 5.41 Å². The number of hydrogen-bond acceptors (Lipinski definition) is 2. The fraction of sp³-hybridized carbons (Fsp3) is 0.500. The molecule has 0 spiro atoms. The van der Waals surface area contributed by atoms with Gasteiger partial charge in [-0.1, -0.05) is 23.2 Å². The summed E-state index contributed by atoms with van der Waals surface area (Å²) in [6, 6.07) is 1.59. The predicted molar refractivity (Wildman–Crippen MR) is 69.1 cm³/mol. The lowest BCUT2D eigenvalue weighted by Gasteiger charge is -2.11. The van der Waals surface area contributed by atoms with Crippen LogP contribution >= 0.6 is 46.1 Å². The van der Waals surface area contributed by atoms with E-state index >= 15 is 0 Å². The van der Waals surface area contributed by atoms with Crippen LogP contribution < -0.4 is 5.32 Å². The Morgan fingerprint density at radius 2 is 2.19 bits per heavy atom. The molecule has 6 heteroatoms. The fourth-order valence-electron chi connectivity index (χ4n) is 1.39. The Hall–Kier alpha value is 0.0400. The SMILES string of the molecule is O=C(NCC1(CCl)CC1)c1cc(Cl)sc1Cl. The summed E-state index contributed by atoms with van der Waals surface area (Å²) in [7, 11) is 0. The van der Waals surface area contributed by atoms with Gasteiger partial charge in [0, 0.05) is 17.8 Å². The van der Waals surface area contributed by atoms with Crippen LogP contribution in [0.1, 0.15) is 23.2 Å². The zero-order valence-corrected chi connectivity index (χ0v) is 11.4. The number of alkyl halides is 1. The van der Waals surface area contributed by atoms with Crippen LogP contribution in [0.2, 0.25) is 8.67 Å². The summed E-state index contributed by atoms with van der Waals surface area (Å²) < 4.78 is 0.951. The van der Waals surface area contributed by atoms with Crippen molar-refractivity contribution in [2.45, 2.75) is 12.8 Å². The molecule has 1 fully saturated rings. The van der Waals surface area contributed by atoms with Crippen molar-refractivity contribution in [1.29, 1.82) is 0 Å². The Kier molecular flexibility index (Phi) is 3.69. The van der Waals surface area contributed by atoms with E-state index < -0.39 is 0 Å². The van der Waals surface area contributed by atoms with Gasteiger partial charge in [-0.25, -0.2) is 0 Å². The molecule has 88 valence electrons. The molecule has 0 radical (unpaired) electrons. The van der Waals surface area contributed by atoms with Gasteiger partial charge in [0.2, 0.25) is 0 Å². The van der Waals surface area contributed by atoms with E-state index in [0.29, 0.717) is 26.7 Å². The van der Waals surface area contributed by atoms with Crippen molar-refractivity contribution < 1.29 is 4.79 Å². The zero-order valence-electron chi connectivity index (χ0n) is 8.36. The molecule has 1 aromatic rings. The molecule has 0 saturated heterocycles. The second kappa shape index (κ2) is 4.73. The van der Waals surface area contributed by atoms with E-state index in [1.54, 1.807) is 6.07 Å². The zero-order chi connectivity index (χ0) is 11.8. The summed E-state index contributed by atoms with van der Waals surface area (Å²) >= 11 is 18.7. The standard InChI is InChI=1S/C10H10Cl3NOS/c11-4-10(1-2-10)5-14-9(15)6-3-7(12)16-8(6)13/h3H,1-2,4-5H2,(H,14,15). The molecule has 2 rings (SSSR count). The molecule has 0 unspecified atom stereocenters. The Labute approximate surface area is 113 Å². The van der Waals surface area contributed by atoms with Crippen LogP contribution in [0.5, 0.6) is 0 Å². The first kappa shape index (κ1) is 12.5. The Morgan fingerprint density at radius 3 is 2.62 bits per heavy atom. The topological polar surface area (TPSA) is 29.1 Å². The highest BCUT2D eigenvalue weighted by Gasteiger charge is 2.41. The fourth-order valence-corrected chi connectivity index (χ4v) is 3.21. The van der Waals surface area contributed by atoms with Crippen LogP contribution in [0.15, 0.2) is 6.07 Å². The number of thiophene rings is 1. The maximum Gasteiger partial charge on any atom is 0.253 e. The molecular weight excluding hydrogens is 289 g/mol. The molecule has 0 bridgehead atoms. The molecule has 1 aliphatic rings. The van der Waals surface area contributed by atoms with Crippen LogP contribution in [-0.4, -0.2) is 18.3 Å². The second-order valence-electron chi connectivity index (χ2n) is 4.05. The summed E-state index contributed by atoms with van der Waals surface area (Å²) in [5.41, 5.74) is 0.561. The number of carbonyl (C=O) groups is 1. The highest BCUT2D eigenvalue weighted by Crippen LogP contribution is 2.46. The normalized spacial score (nSPS) is 17.2. The van der Waals surface area contributed by atoms with Gasteiger partial charge in [-0.2, -0.15) is 0 Å². The third-order valence-corrected chi connectivity index (χ3v) is 4.82. The van der Waals surface area contributed by atoms with Crippen molar-refractivity contribution in [3.05, 3.63) is 20.3 Å². The Bertz CT molecular complexity index is 414. The van der Waals surface area contributed by atoms with Gasteiger partial charge in [0.05, 0.1) is 9.90 Å². The quantitative estimate of drug-likeness (QED) is 0.842. The van der Waals surface area contributed by atoms with E-state index in [4.69, 9.17) is 34.8 Å². The summed E-state index contributed by atoms with van der Waals surface area (Å²) in [4.78, 5) is 11.8. The van der Waals surface area contributed by atoms with E-state index in [9.17, 15) is 4.79 Å². The summed E-state index contributed by atoms with van der Waals surface area (Å²) in [6.45, 7) is 0.610. The van der Waals surface area contributed by atoms with Gasteiger partial charge in [0.25, 0.3) is 5.91 Å². The molecule has 1 aliphatic carbocycles. The van der Waals surface area contributed by atoms with Crippen LogP contribution in [-0.2, 0) is 0 Å². The second-order valence-corrected chi connectivity index (χ2v) is 6.61. The van der Waals surface area contributed by atoms with E-state index in [0.717, 1.165) is 12.8 Å². The van der Waals surface area contributed by atoms with Crippen molar-refractivity contribution in [3.63, 3.8) is 0 Å². The minimum atomic E-state index is -0.176. The van der Waals surface area contributed by atoms with Gasteiger partial charge < -0.3 is 5.32 Å². The van der Waals surface area contributed by atoms with Gasteiger partial charge in [-0.3, -0.25) is 4.79 Å². The highest BCUT2D eigenvalue weighted by atomic mass is 35.5. The molecule has 0 atom stereocenters. The van der Waals surface area contributed by atoms with E-state index in [1.807, 2.05) is 0 Å².